The Morgan fingerprint density at radius 2 is 1.92 bits per heavy atom. The van der Waals surface area contributed by atoms with Crippen molar-refractivity contribution in [3.05, 3.63) is 28.8 Å². The molecule has 134 valence electrons. The number of carbonyl (C=O) groups is 1. The Balaban J connectivity index is 2.02. The number of nitrogens with one attached hydrogen (secondary N) is 1. The van der Waals surface area contributed by atoms with Crippen molar-refractivity contribution in [3.8, 4) is 5.75 Å². The highest BCUT2D eigenvalue weighted by Crippen LogP contribution is 2.27. The number of nitrogens with zero attached hydrogens (tertiary/aromatic N) is 2. The van der Waals surface area contributed by atoms with Crippen LogP contribution in [-0.4, -0.2) is 56.2 Å². The number of hydrogen-bond donors (Lipinski definition) is 1. The highest BCUT2D eigenvalue weighted by Gasteiger charge is 2.25. The molecule has 1 aromatic rings. The first-order valence-electron chi connectivity index (χ1n) is 8.71. The molecule has 1 atom stereocenters. The van der Waals surface area contributed by atoms with E-state index in [4.69, 9.17) is 4.74 Å². The van der Waals surface area contributed by atoms with Crippen LogP contribution in [0.2, 0.25) is 0 Å². The van der Waals surface area contributed by atoms with Crippen LogP contribution in [0.3, 0.4) is 0 Å². The van der Waals surface area contributed by atoms with E-state index in [0.717, 1.165) is 42.8 Å². The smallest absolute Gasteiger partial charge is 0.317 e. The van der Waals surface area contributed by atoms with Gasteiger partial charge < -0.3 is 19.9 Å². The first kappa shape index (κ1) is 18.6. The van der Waals surface area contributed by atoms with E-state index in [1.54, 1.807) is 7.11 Å². The van der Waals surface area contributed by atoms with Gasteiger partial charge in [-0.25, -0.2) is 4.79 Å². The van der Waals surface area contributed by atoms with Gasteiger partial charge in [0.15, 0.2) is 0 Å². The van der Waals surface area contributed by atoms with Crippen LogP contribution in [0, 0.1) is 13.8 Å². The predicted octanol–water partition coefficient (Wildman–Crippen LogP) is 3.11. The number of likely N-dealkylation sites (tertiary alicyclic amines) is 1. The summed E-state index contributed by atoms with van der Waals surface area (Å²) in [6, 6.07) is 4.32. The van der Waals surface area contributed by atoms with Crippen molar-refractivity contribution in [2.24, 2.45) is 0 Å². The molecular formula is C19H31N3O2. The van der Waals surface area contributed by atoms with Gasteiger partial charge in [-0.1, -0.05) is 6.07 Å². The summed E-state index contributed by atoms with van der Waals surface area (Å²) >= 11 is 0. The number of carbonyl (C=O) groups excluding carboxylic acids is 1. The Bertz CT molecular complexity index is 580. The molecule has 1 aliphatic heterocycles. The van der Waals surface area contributed by atoms with Crippen LogP contribution < -0.4 is 10.1 Å². The van der Waals surface area contributed by atoms with Crippen molar-refractivity contribution in [1.29, 1.82) is 0 Å². The minimum absolute atomic E-state index is 0.00456. The summed E-state index contributed by atoms with van der Waals surface area (Å²) in [5, 5.41) is 3.14. The molecule has 2 rings (SSSR count). The molecule has 5 heteroatoms. The highest BCUT2D eigenvalue weighted by atomic mass is 16.5. The summed E-state index contributed by atoms with van der Waals surface area (Å²) in [5.74, 6) is 0.887. The maximum absolute atomic E-state index is 12.6. The molecule has 0 radical (unpaired) electrons. The fourth-order valence-corrected chi connectivity index (χ4v) is 3.42. The number of amides is 2. The monoisotopic (exact) mass is 333 g/mol. The van der Waals surface area contributed by atoms with Crippen LogP contribution >= 0.6 is 0 Å². The normalized spacial score (nSPS) is 17.4. The molecule has 1 aliphatic rings. The van der Waals surface area contributed by atoms with Gasteiger partial charge in [-0.3, -0.25) is 0 Å². The zero-order chi connectivity index (χ0) is 17.9. The Morgan fingerprint density at radius 1 is 1.29 bits per heavy atom. The van der Waals surface area contributed by atoms with Crippen molar-refractivity contribution < 1.29 is 9.53 Å². The van der Waals surface area contributed by atoms with Crippen molar-refractivity contribution >= 4 is 6.03 Å². The maximum Gasteiger partial charge on any atom is 0.317 e. The number of rotatable bonds is 4. The second kappa shape index (κ2) is 7.88. The SMILES string of the molecule is COc1ccc(C(C)NC(=O)N(C)C2CCN(C)CC2)c(C)c1C. The maximum atomic E-state index is 12.6. The van der Waals surface area contributed by atoms with E-state index in [9.17, 15) is 4.79 Å². The summed E-state index contributed by atoms with van der Waals surface area (Å²) in [7, 11) is 5.72. The molecule has 1 saturated heterocycles. The molecule has 24 heavy (non-hydrogen) atoms. The second-order valence-electron chi connectivity index (χ2n) is 6.92. The summed E-state index contributed by atoms with van der Waals surface area (Å²) < 4.78 is 5.37. The Hall–Kier alpha value is -1.75. The lowest BCUT2D eigenvalue weighted by molar-refractivity contribution is 0.146. The molecule has 0 bridgehead atoms. The number of benzene rings is 1. The molecule has 0 spiro atoms. The summed E-state index contributed by atoms with van der Waals surface area (Å²) in [4.78, 5) is 16.8. The standard InChI is InChI=1S/C19H31N3O2/c1-13-14(2)18(24-6)8-7-17(13)15(3)20-19(23)22(5)16-9-11-21(4)12-10-16/h7-8,15-16H,9-12H2,1-6H3,(H,20,23). The summed E-state index contributed by atoms with van der Waals surface area (Å²) in [5.41, 5.74) is 3.43. The number of hydrogen-bond acceptors (Lipinski definition) is 3. The number of ether oxygens (including phenoxy) is 1. The van der Waals surface area contributed by atoms with E-state index >= 15 is 0 Å². The summed E-state index contributed by atoms with van der Waals surface area (Å²) in [6.07, 6.45) is 2.07. The van der Waals surface area contributed by atoms with Crippen LogP contribution in [0.4, 0.5) is 4.79 Å². The molecule has 0 saturated carbocycles. The lowest BCUT2D eigenvalue weighted by Crippen LogP contribution is -2.48. The predicted molar refractivity (Wildman–Crippen MR) is 97.7 cm³/mol. The zero-order valence-corrected chi connectivity index (χ0v) is 15.8. The first-order valence-corrected chi connectivity index (χ1v) is 8.71. The third-order valence-corrected chi connectivity index (χ3v) is 5.36. The van der Waals surface area contributed by atoms with E-state index in [1.165, 1.54) is 5.56 Å². The molecule has 0 aromatic heterocycles. The van der Waals surface area contributed by atoms with Crippen LogP contribution in [0.15, 0.2) is 12.1 Å². The largest absolute Gasteiger partial charge is 0.496 e. The Labute approximate surface area is 146 Å². The number of methoxy groups -OCH3 is 1. The lowest BCUT2D eigenvalue weighted by atomic mass is 9.97. The summed E-state index contributed by atoms with van der Waals surface area (Å²) in [6.45, 7) is 8.27. The molecule has 2 amide bonds. The quantitative estimate of drug-likeness (QED) is 0.921. The minimum Gasteiger partial charge on any atom is -0.496 e. The molecule has 1 aromatic carbocycles. The van der Waals surface area contributed by atoms with Gasteiger partial charge in [0.25, 0.3) is 0 Å². The fourth-order valence-electron chi connectivity index (χ4n) is 3.42. The van der Waals surface area contributed by atoms with Crippen LogP contribution in [0.5, 0.6) is 5.75 Å². The first-order chi connectivity index (χ1) is 11.3. The Morgan fingerprint density at radius 3 is 2.50 bits per heavy atom. The average Bonchev–Trinajstić information content (AvgIpc) is 2.57. The number of piperidine rings is 1. The zero-order valence-electron chi connectivity index (χ0n) is 15.8. The molecule has 1 fully saturated rings. The number of urea groups is 1. The van der Waals surface area contributed by atoms with Crippen molar-refractivity contribution in [1.82, 2.24) is 15.1 Å². The fraction of sp³-hybridized carbons (Fsp3) is 0.632. The van der Waals surface area contributed by atoms with E-state index in [2.05, 4.69) is 31.1 Å². The van der Waals surface area contributed by atoms with Gasteiger partial charge in [0.2, 0.25) is 0 Å². The van der Waals surface area contributed by atoms with Crippen molar-refractivity contribution in [2.45, 2.75) is 45.7 Å². The Kier molecular flexibility index (Phi) is 6.10. The molecule has 1 heterocycles. The molecule has 1 unspecified atom stereocenters. The third-order valence-electron chi connectivity index (χ3n) is 5.36. The minimum atomic E-state index is -0.0316. The van der Waals surface area contributed by atoms with E-state index < -0.39 is 0 Å². The van der Waals surface area contributed by atoms with E-state index in [-0.39, 0.29) is 12.1 Å². The van der Waals surface area contributed by atoms with Gasteiger partial charge >= 0.3 is 6.03 Å². The molecule has 0 aliphatic carbocycles. The topological polar surface area (TPSA) is 44.8 Å². The van der Waals surface area contributed by atoms with E-state index in [1.807, 2.05) is 31.0 Å². The molecule has 5 nitrogen and oxygen atoms in total. The van der Waals surface area contributed by atoms with E-state index in [0.29, 0.717) is 6.04 Å². The highest BCUT2D eigenvalue weighted by molar-refractivity contribution is 5.75. The lowest BCUT2D eigenvalue weighted by Gasteiger charge is -2.35. The molecule has 1 N–H and O–H groups in total. The van der Waals surface area contributed by atoms with Gasteiger partial charge in [-0.2, -0.15) is 0 Å². The average molecular weight is 333 g/mol. The second-order valence-corrected chi connectivity index (χ2v) is 6.92. The van der Waals surface area contributed by atoms with Crippen molar-refractivity contribution in [3.63, 3.8) is 0 Å². The van der Waals surface area contributed by atoms with Gasteiger partial charge in [0, 0.05) is 13.1 Å². The van der Waals surface area contributed by atoms with Gasteiger partial charge in [-0.15, -0.1) is 0 Å². The van der Waals surface area contributed by atoms with Crippen LogP contribution in [0.1, 0.15) is 42.5 Å². The van der Waals surface area contributed by atoms with Gasteiger partial charge in [0.1, 0.15) is 5.75 Å². The van der Waals surface area contributed by atoms with Crippen LogP contribution in [0.25, 0.3) is 0 Å². The van der Waals surface area contributed by atoms with Crippen molar-refractivity contribution in [2.75, 3.05) is 34.3 Å². The van der Waals surface area contributed by atoms with Gasteiger partial charge in [-0.05, 0) is 76.5 Å². The van der Waals surface area contributed by atoms with Gasteiger partial charge in [0.05, 0.1) is 13.2 Å². The van der Waals surface area contributed by atoms with Crippen LogP contribution in [-0.2, 0) is 0 Å². The molecular weight excluding hydrogens is 302 g/mol. The third kappa shape index (κ3) is 4.01.